The quantitative estimate of drug-likeness (QED) is 0.241. The third kappa shape index (κ3) is 5.07. The highest BCUT2D eigenvalue weighted by Crippen LogP contribution is 2.19. The van der Waals surface area contributed by atoms with Crippen molar-refractivity contribution in [2.45, 2.75) is 38.4 Å². The van der Waals surface area contributed by atoms with Gasteiger partial charge in [0.1, 0.15) is 0 Å². The fraction of sp³-hybridized carbons (Fsp3) is 0.500. The van der Waals surface area contributed by atoms with Crippen molar-refractivity contribution < 1.29 is 24.2 Å². The van der Waals surface area contributed by atoms with Crippen LogP contribution in [0.1, 0.15) is 31.9 Å². The zero-order chi connectivity index (χ0) is 14.8. The molecule has 0 aliphatic carbocycles. The lowest BCUT2D eigenvalue weighted by Crippen LogP contribution is -2.42. The zero-order valence-electron chi connectivity index (χ0n) is 11.4. The normalized spacial score (nSPS) is 13.5. The predicted molar refractivity (Wildman–Crippen MR) is 70.5 cm³/mol. The van der Waals surface area contributed by atoms with E-state index in [0.717, 1.165) is 18.5 Å². The van der Waals surface area contributed by atoms with Crippen molar-refractivity contribution in [3.63, 3.8) is 0 Å². The lowest BCUT2D eigenvalue weighted by Gasteiger charge is -2.24. The first-order chi connectivity index (χ1) is 9.62. The molecular formula is C14H19NO5. The van der Waals surface area contributed by atoms with Crippen LogP contribution in [0, 0.1) is 0 Å². The number of carbonyl (C=O) groups excluding carboxylic acids is 2. The van der Waals surface area contributed by atoms with Crippen LogP contribution in [-0.2, 0) is 25.5 Å². The number of pyridine rings is 1. The molecule has 0 aliphatic rings. The van der Waals surface area contributed by atoms with Gasteiger partial charge in [0.15, 0.2) is 0 Å². The van der Waals surface area contributed by atoms with Crippen LogP contribution < -0.4 is 0 Å². The van der Waals surface area contributed by atoms with E-state index < -0.39 is 11.8 Å². The van der Waals surface area contributed by atoms with Gasteiger partial charge in [-0.05, 0) is 38.3 Å². The van der Waals surface area contributed by atoms with Gasteiger partial charge in [0, 0.05) is 24.9 Å². The number of aliphatic hydroxyl groups is 1. The fourth-order valence-electron chi connectivity index (χ4n) is 1.82. The molecule has 0 saturated carbocycles. The Hall–Kier alpha value is -1.79. The molecule has 0 radical (unpaired) electrons. The predicted octanol–water partition coefficient (Wildman–Crippen LogP) is 1.22. The molecule has 0 aromatic carbocycles. The molecule has 0 amide bonds. The summed E-state index contributed by atoms with van der Waals surface area (Å²) in [4.78, 5) is 25.8. The van der Waals surface area contributed by atoms with E-state index in [1.165, 1.54) is 0 Å². The van der Waals surface area contributed by atoms with E-state index in [0.29, 0.717) is 6.42 Å². The standard InChI is InChI=1S/C14H19NO5/c1-2-20-14(18,13(17)19-11-16)9-5-3-7-12-8-4-6-10-15-12/h4,6,8,10-11,18H,2-3,5,7,9H2,1H3. The maximum Gasteiger partial charge on any atom is 0.374 e. The van der Waals surface area contributed by atoms with Gasteiger partial charge in [-0.1, -0.05) is 6.07 Å². The molecule has 1 aromatic rings. The highest BCUT2D eigenvalue weighted by Gasteiger charge is 2.38. The van der Waals surface area contributed by atoms with Crippen molar-refractivity contribution in [1.82, 2.24) is 4.98 Å². The topological polar surface area (TPSA) is 85.7 Å². The van der Waals surface area contributed by atoms with Crippen LogP contribution in [0.4, 0.5) is 0 Å². The Morgan fingerprint density at radius 2 is 2.25 bits per heavy atom. The fourth-order valence-corrected chi connectivity index (χ4v) is 1.82. The molecule has 0 aliphatic heterocycles. The Morgan fingerprint density at radius 3 is 2.85 bits per heavy atom. The van der Waals surface area contributed by atoms with Crippen LogP contribution in [0.15, 0.2) is 24.4 Å². The SMILES string of the molecule is CCOC(O)(CCCCc1ccccn1)C(=O)OC=O. The van der Waals surface area contributed by atoms with Gasteiger partial charge in [-0.15, -0.1) is 0 Å². The summed E-state index contributed by atoms with van der Waals surface area (Å²) in [5, 5.41) is 10.0. The number of aryl methyl sites for hydroxylation is 1. The van der Waals surface area contributed by atoms with Crippen molar-refractivity contribution in [1.29, 1.82) is 0 Å². The summed E-state index contributed by atoms with van der Waals surface area (Å²) < 4.78 is 9.17. The van der Waals surface area contributed by atoms with Gasteiger partial charge in [-0.2, -0.15) is 0 Å². The molecule has 110 valence electrons. The molecule has 6 heteroatoms. The first-order valence-corrected chi connectivity index (χ1v) is 6.53. The minimum Gasteiger partial charge on any atom is -0.391 e. The Bertz CT molecular complexity index is 423. The molecule has 1 unspecified atom stereocenters. The maximum atomic E-state index is 11.5. The first kappa shape index (κ1) is 16.3. The highest BCUT2D eigenvalue weighted by molar-refractivity contribution is 5.82. The number of ether oxygens (including phenoxy) is 2. The minimum absolute atomic E-state index is 0.0137. The molecule has 1 heterocycles. The van der Waals surface area contributed by atoms with E-state index in [9.17, 15) is 14.7 Å². The molecule has 1 N–H and O–H groups in total. The molecule has 0 spiro atoms. The lowest BCUT2D eigenvalue weighted by molar-refractivity contribution is -0.227. The number of rotatable bonds is 9. The van der Waals surface area contributed by atoms with Crippen LogP contribution in [0.2, 0.25) is 0 Å². The minimum atomic E-state index is -2.06. The monoisotopic (exact) mass is 281 g/mol. The molecule has 6 nitrogen and oxygen atoms in total. The zero-order valence-corrected chi connectivity index (χ0v) is 11.4. The second-order valence-corrected chi connectivity index (χ2v) is 4.25. The Kier molecular flexibility index (Phi) is 6.83. The van der Waals surface area contributed by atoms with Crippen LogP contribution in [0.25, 0.3) is 0 Å². The number of esters is 1. The van der Waals surface area contributed by atoms with Crippen LogP contribution in [0.3, 0.4) is 0 Å². The van der Waals surface area contributed by atoms with Crippen molar-refractivity contribution in [3.05, 3.63) is 30.1 Å². The van der Waals surface area contributed by atoms with E-state index in [1.54, 1.807) is 13.1 Å². The lowest BCUT2D eigenvalue weighted by atomic mass is 10.1. The number of hydrogen-bond acceptors (Lipinski definition) is 6. The molecular weight excluding hydrogens is 262 g/mol. The average Bonchev–Trinajstić information content (AvgIpc) is 2.45. The molecule has 1 aromatic heterocycles. The average molecular weight is 281 g/mol. The van der Waals surface area contributed by atoms with Crippen LogP contribution in [0.5, 0.6) is 0 Å². The largest absolute Gasteiger partial charge is 0.391 e. The summed E-state index contributed by atoms with van der Waals surface area (Å²) >= 11 is 0. The van der Waals surface area contributed by atoms with Crippen molar-refractivity contribution in [2.24, 2.45) is 0 Å². The van der Waals surface area contributed by atoms with E-state index in [4.69, 9.17) is 4.74 Å². The molecule has 0 saturated heterocycles. The van der Waals surface area contributed by atoms with Crippen molar-refractivity contribution in [2.75, 3.05) is 6.61 Å². The highest BCUT2D eigenvalue weighted by atomic mass is 16.7. The van der Waals surface area contributed by atoms with Gasteiger partial charge >= 0.3 is 12.4 Å². The van der Waals surface area contributed by atoms with Gasteiger partial charge in [-0.25, -0.2) is 4.79 Å². The van der Waals surface area contributed by atoms with E-state index in [-0.39, 0.29) is 19.5 Å². The molecule has 1 rings (SSSR count). The van der Waals surface area contributed by atoms with Crippen molar-refractivity contribution in [3.8, 4) is 0 Å². The van der Waals surface area contributed by atoms with E-state index in [2.05, 4.69) is 9.72 Å². The summed E-state index contributed by atoms with van der Waals surface area (Å²) in [5.74, 6) is -3.13. The third-order valence-electron chi connectivity index (χ3n) is 2.78. The summed E-state index contributed by atoms with van der Waals surface area (Å²) in [7, 11) is 0. The first-order valence-electron chi connectivity index (χ1n) is 6.53. The maximum absolute atomic E-state index is 11.5. The summed E-state index contributed by atoms with van der Waals surface area (Å²) in [6.07, 6.45) is 3.81. The smallest absolute Gasteiger partial charge is 0.374 e. The number of unbranched alkanes of at least 4 members (excludes halogenated alkanes) is 1. The summed E-state index contributed by atoms with van der Waals surface area (Å²) in [6, 6.07) is 5.66. The summed E-state index contributed by atoms with van der Waals surface area (Å²) in [6.45, 7) is 1.78. The van der Waals surface area contributed by atoms with Gasteiger partial charge in [0.05, 0.1) is 0 Å². The van der Waals surface area contributed by atoms with E-state index in [1.807, 2.05) is 18.2 Å². The Labute approximate surface area is 117 Å². The molecule has 0 fully saturated rings. The van der Waals surface area contributed by atoms with Gasteiger partial charge in [-0.3, -0.25) is 9.78 Å². The molecule has 20 heavy (non-hydrogen) atoms. The van der Waals surface area contributed by atoms with Gasteiger partial charge in [0.2, 0.25) is 0 Å². The van der Waals surface area contributed by atoms with Gasteiger partial charge in [0.25, 0.3) is 5.79 Å². The Morgan fingerprint density at radius 1 is 1.45 bits per heavy atom. The number of aromatic nitrogens is 1. The second-order valence-electron chi connectivity index (χ2n) is 4.25. The second kappa shape index (κ2) is 8.39. The number of carbonyl (C=O) groups is 2. The molecule has 1 atom stereocenters. The van der Waals surface area contributed by atoms with Gasteiger partial charge < -0.3 is 14.6 Å². The molecule has 0 bridgehead atoms. The van der Waals surface area contributed by atoms with E-state index >= 15 is 0 Å². The van der Waals surface area contributed by atoms with Crippen LogP contribution >= 0.6 is 0 Å². The number of nitrogens with zero attached hydrogens (tertiary/aromatic N) is 1. The van der Waals surface area contributed by atoms with Crippen LogP contribution in [-0.4, -0.2) is 34.9 Å². The van der Waals surface area contributed by atoms with Crippen molar-refractivity contribution >= 4 is 12.4 Å². The number of hydrogen-bond donors (Lipinski definition) is 1. The third-order valence-corrected chi connectivity index (χ3v) is 2.78. The summed E-state index contributed by atoms with van der Waals surface area (Å²) in [5.41, 5.74) is 0.947. The Balaban J connectivity index is 2.42.